The lowest BCUT2D eigenvalue weighted by atomic mass is 10.00. The molecule has 0 saturated carbocycles. The summed E-state index contributed by atoms with van der Waals surface area (Å²) in [5.74, 6) is 0.483. The Morgan fingerprint density at radius 2 is 1.21 bits per heavy atom. The van der Waals surface area contributed by atoms with Crippen molar-refractivity contribution in [3.8, 4) is 40.0 Å². The molecule has 1 aromatic heterocycles. The molecular formula is C23H14N4O2. The van der Waals surface area contributed by atoms with E-state index < -0.39 is 4.92 Å². The van der Waals surface area contributed by atoms with Crippen LogP contribution in [0.5, 0.6) is 0 Å². The van der Waals surface area contributed by atoms with Crippen molar-refractivity contribution in [2.24, 2.45) is 0 Å². The van der Waals surface area contributed by atoms with Crippen molar-refractivity contribution < 1.29 is 4.92 Å². The number of aromatic nitrogens is 2. The Bertz CT molecular complexity index is 1220. The van der Waals surface area contributed by atoms with Gasteiger partial charge in [0.15, 0.2) is 5.82 Å². The maximum Gasteiger partial charge on any atom is 0.269 e. The highest BCUT2D eigenvalue weighted by Crippen LogP contribution is 2.32. The predicted molar refractivity (Wildman–Crippen MR) is 110 cm³/mol. The fourth-order valence-electron chi connectivity index (χ4n) is 3.04. The van der Waals surface area contributed by atoms with Crippen molar-refractivity contribution >= 4 is 5.69 Å². The van der Waals surface area contributed by atoms with Crippen LogP contribution in [0, 0.1) is 21.4 Å². The Kier molecular flexibility index (Phi) is 4.79. The zero-order chi connectivity index (χ0) is 20.2. The number of nitrogens with zero attached hydrogens (tertiary/aromatic N) is 4. The molecule has 0 amide bonds. The summed E-state index contributed by atoms with van der Waals surface area (Å²) in [7, 11) is 0. The second-order valence-electron chi connectivity index (χ2n) is 6.27. The van der Waals surface area contributed by atoms with E-state index in [2.05, 4.69) is 16.0 Å². The predicted octanol–water partition coefficient (Wildman–Crippen LogP) is 5.26. The molecule has 0 aliphatic heterocycles. The molecule has 0 spiro atoms. The van der Waals surface area contributed by atoms with Gasteiger partial charge in [-0.05, 0) is 12.1 Å². The lowest BCUT2D eigenvalue weighted by Gasteiger charge is -2.12. The van der Waals surface area contributed by atoms with E-state index in [0.717, 1.165) is 11.1 Å². The summed E-state index contributed by atoms with van der Waals surface area (Å²) < 4.78 is 0. The highest BCUT2D eigenvalue weighted by Gasteiger charge is 2.18. The number of nitro groups is 1. The molecule has 0 unspecified atom stereocenters. The average molecular weight is 378 g/mol. The standard InChI is InChI=1S/C23H14N4O2/c24-15-20-21(16-7-3-1-4-8-16)25-23(18-9-5-2-6-10-18)26-22(20)17-11-13-19(14-12-17)27(28)29/h1-14H. The minimum atomic E-state index is -0.459. The first-order valence-corrected chi connectivity index (χ1v) is 8.85. The smallest absolute Gasteiger partial charge is 0.258 e. The molecule has 0 saturated heterocycles. The maximum atomic E-state index is 11.0. The number of non-ortho nitro benzene ring substituents is 1. The number of nitro benzene ring substituents is 1. The zero-order valence-electron chi connectivity index (χ0n) is 15.2. The number of hydrogen-bond donors (Lipinski definition) is 0. The molecule has 0 aliphatic carbocycles. The van der Waals surface area contributed by atoms with Gasteiger partial charge in [-0.25, -0.2) is 9.97 Å². The van der Waals surface area contributed by atoms with Crippen LogP contribution >= 0.6 is 0 Å². The SMILES string of the molecule is N#Cc1c(-c2ccccc2)nc(-c2ccccc2)nc1-c1ccc([N+](=O)[O-])cc1. The first kappa shape index (κ1) is 18.0. The van der Waals surface area contributed by atoms with E-state index in [0.29, 0.717) is 28.3 Å². The molecule has 4 rings (SSSR count). The first-order valence-electron chi connectivity index (χ1n) is 8.85. The highest BCUT2D eigenvalue weighted by atomic mass is 16.6. The van der Waals surface area contributed by atoms with E-state index in [4.69, 9.17) is 0 Å². The van der Waals surface area contributed by atoms with E-state index in [-0.39, 0.29) is 5.69 Å². The summed E-state index contributed by atoms with van der Waals surface area (Å²) in [6.45, 7) is 0. The van der Waals surface area contributed by atoms with Gasteiger partial charge in [-0.2, -0.15) is 5.26 Å². The molecular weight excluding hydrogens is 364 g/mol. The molecule has 6 nitrogen and oxygen atoms in total. The molecule has 29 heavy (non-hydrogen) atoms. The van der Waals surface area contributed by atoms with Crippen LogP contribution in [-0.4, -0.2) is 14.9 Å². The third-order valence-corrected chi connectivity index (χ3v) is 4.45. The van der Waals surface area contributed by atoms with Crippen LogP contribution < -0.4 is 0 Å². The third kappa shape index (κ3) is 3.57. The van der Waals surface area contributed by atoms with Gasteiger partial charge in [-0.3, -0.25) is 10.1 Å². The number of rotatable bonds is 4. The van der Waals surface area contributed by atoms with Crippen LogP contribution in [0.25, 0.3) is 33.9 Å². The van der Waals surface area contributed by atoms with Gasteiger partial charge in [0.05, 0.1) is 16.3 Å². The lowest BCUT2D eigenvalue weighted by Crippen LogP contribution is -2.01. The lowest BCUT2D eigenvalue weighted by molar-refractivity contribution is -0.384. The molecule has 0 radical (unpaired) electrons. The largest absolute Gasteiger partial charge is 0.269 e. The fraction of sp³-hybridized carbons (Fsp3) is 0. The Hall–Kier alpha value is -4.37. The van der Waals surface area contributed by atoms with Crippen molar-refractivity contribution in [2.75, 3.05) is 0 Å². The average Bonchev–Trinajstić information content (AvgIpc) is 2.79. The van der Waals surface area contributed by atoms with Gasteiger partial charge < -0.3 is 0 Å². The highest BCUT2D eigenvalue weighted by molar-refractivity contribution is 5.79. The summed E-state index contributed by atoms with van der Waals surface area (Å²) in [6, 6.07) is 27.2. The Morgan fingerprint density at radius 1 is 0.724 bits per heavy atom. The summed E-state index contributed by atoms with van der Waals surface area (Å²) in [4.78, 5) is 19.8. The Labute approximate surface area is 166 Å². The van der Waals surface area contributed by atoms with Crippen LogP contribution in [0.4, 0.5) is 5.69 Å². The molecule has 0 bridgehead atoms. The van der Waals surface area contributed by atoms with Crippen LogP contribution in [0.15, 0.2) is 84.9 Å². The van der Waals surface area contributed by atoms with Crippen LogP contribution in [0.2, 0.25) is 0 Å². The van der Waals surface area contributed by atoms with Gasteiger partial charge in [0.25, 0.3) is 5.69 Å². The summed E-state index contributed by atoms with van der Waals surface area (Å²) in [6.07, 6.45) is 0. The molecule has 0 atom stereocenters. The van der Waals surface area contributed by atoms with Crippen LogP contribution in [-0.2, 0) is 0 Å². The minimum absolute atomic E-state index is 0.0205. The second kappa shape index (κ2) is 7.71. The molecule has 4 aromatic rings. The maximum absolute atomic E-state index is 11.0. The fourth-order valence-corrected chi connectivity index (χ4v) is 3.04. The number of benzene rings is 3. The van der Waals surface area contributed by atoms with Gasteiger partial charge in [-0.15, -0.1) is 0 Å². The molecule has 0 fully saturated rings. The van der Waals surface area contributed by atoms with E-state index in [1.807, 2.05) is 60.7 Å². The minimum Gasteiger partial charge on any atom is -0.258 e. The summed E-state index contributed by atoms with van der Waals surface area (Å²) >= 11 is 0. The van der Waals surface area contributed by atoms with Crippen molar-refractivity contribution in [3.63, 3.8) is 0 Å². The summed E-state index contributed by atoms with van der Waals surface area (Å²) in [5, 5.41) is 20.9. The monoisotopic (exact) mass is 378 g/mol. The van der Waals surface area contributed by atoms with Crippen molar-refractivity contribution in [1.29, 1.82) is 5.26 Å². The van der Waals surface area contributed by atoms with E-state index in [9.17, 15) is 15.4 Å². The molecule has 138 valence electrons. The van der Waals surface area contributed by atoms with Crippen molar-refractivity contribution in [1.82, 2.24) is 9.97 Å². The molecule has 3 aromatic carbocycles. The topological polar surface area (TPSA) is 92.7 Å². The van der Waals surface area contributed by atoms with Gasteiger partial charge in [0.1, 0.15) is 11.6 Å². The van der Waals surface area contributed by atoms with E-state index in [1.54, 1.807) is 12.1 Å². The number of nitriles is 1. The Morgan fingerprint density at radius 3 is 1.69 bits per heavy atom. The number of hydrogen-bond acceptors (Lipinski definition) is 5. The first-order chi connectivity index (χ1) is 14.2. The zero-order valence-corrected chi connectivity index (χ0v) is 15.2. The van der Waals surface area contributed by atoms with Gasteiger partial charge in [0.2, 0.25) is 0 Å². The van der Waals surface area contributed by atoms with E-state index in [1.165, 1.54) is 12.1 Å². The Balaban J connectivity index is 1.98. The second-order valence-corrected chi connectivity index (χ2v) is 6.27. The van der Waals surface area contributed by atoms with Crippen molar-refractivity contribution in [3.05, 3.63) is 101 Å². The third-order valence-electron chi connectivity index (χ3n) is 4.45. The van der Waals surface area contributed by atoms with Gasteiger partial charge in [-0.1, -0.05) is 60.7 Å². The quantitative estimate of drug-likeness (QED) is 0.357. The summed E-state index contributed by atoms with van der Waals surface area (Å²) in [5.41, 5.74) is 3.50. The molecule has 6 heteroatoms. The molecule has 1 heterocycles. The molecule has 0 aliphatic rings. The van der Waals surface area contributed by atoms with Crippen LogP contribution in [0.1, 0.15) is 5.56 Å². The van der Waals surface area contributed by atoms with Gasteiger partial charge in [0, 0.05) is 28.8 Å². The van der Waals surface area contributed by atoms with Crippen molar-refractivity contribution in [2.45, 2.75) is 0 Å². The normalized spacial score (nSPS) is 10.3. The van der Waals surface area contributed by atoms with E-state index >= 15 is 0 Å². The van der Waals surface area contributed by atoms with Crippen LogP contribution in [0.3, 0.4) is 0 Å². The van der Waals surface area contributed by atoms with Gasteiger partial charge >= 0.3 is 0 Å². The molecule has 0 N–H and O–H groups in total.